The lowest BCUT2D eigenvalue weighted by Crippen LogP contribution is -2.63. The molecule has 3 fully saturated rings. The Morgan fingerprint density at radius 1 is 1.32 bits per heavy atom. The first-order chi connectivity index (χ1) is 19.4. The molecular weight excluding hydrogens is 544 g/mol. The van der Waals surface area contributed by atoms with E-state index in [1.54, 1.807) is 24.3 Å². The second-order valence-corrected chi connectivity index (χ2v) is 13.5. The number of rotatable bonds is 7. The van der Waals surface area contributed by atoms with Crippen molar-refractivity contribution in [2.24, 2.45) is 34.0 Å². The van der Waals surface area contributed by atoms with Crippen molar-refractivity contribution >= 4 is 29.2 Å². The number of nitro groups is 1. The van der Waals surface area contributed by atoms with Crippen LogP contribution in [0.1, 0.15) is 59.8 Å². The standard InChI is InChI=1S/C30H38N4O6S/c1-6-28(4)15-22(29(5)17(2)11-13-30(18(3)25(28)37)14-12-21(35)24(29)30)40-23(36)16-41-27-31-26(32-33-27)19-9-7-8-10-20(19)34(38)39/h6-10,17-18,22,24-25,37H,1,11-16H2,2-5H3,(H,31,32,33)/t17-,18+,22-,24+,25+,28-,29+,30+/m1/s1. The van der Waals surface area contributed by atoms with E-state index in [9.17, 15) is 24.8 Å². The van der Waals surface area contributed by atoms with Crippen LogP contribution in [-0.2, 0) is 14.3 Å². The zero-order valence-corrected chi connectivity index (χ0v) is 24.8. The molecule has 220 valence electrons. The Morgan fingerprint density at radius 3 is 2.76 bits per heavy atom. The third kappa shape index (κ3) is 4.70. The van der Waals surface area contributed by atoms with Gasteiger partial charge in [-0.1, -0.05) is 57.7 Å². The van der Waals surface area contributed by atoms with Gasteiger partial charge in [0.05, 0.1) is 22.3 Å². The number of benzene rings is 1. The van der Waals surface area contributed by atoms with Crippen molar-refractivity contribution in [3.63, 3.8) is 0 Å². The Labute approximate surface area is 243 Å². The number of para-hydroxylation sites is 1. The van der Waals surface area contributed by atoms with Gasteiger partial charge in [-0.15, -0.1) is 11.7 Å². The van der Waals surface area contributed by atoms with Gasteiger partial charge in [0, 0.05) is 29.2 Å². The summed E-state index contributed by atoms with van der Waals surface area (Å²) in [6.45, 7) is 12.3. The van der Waals surface area contributed by atoms with Crippen LogP contribution in [0.25, 0.3) is 11.4 Å². The van der Waals surface area contributed by atoms with E-state index >= 15 is 0 Å². The summed E-state index contributed by atoms with van der Waals surface area (Å²) < 4.78 is 6.26. The number of aliphatic hydroxyl groups is 1. The molecule has 0 radical (unpaired) electrons. The maximum absolute atomic E-state index is 13.5. The van der Waals surface area contributed by atoms with Gasteiger partial charge in [0.15, 0.2) is 5.82 Å². The second kappa shape index (κ2) is 10.7. The number of hydrogen-bond donors (Lipinski definition) is 2. The van der Waals surface area contributed by atoms with E-state index in [2.05, 4.69) is 42.5 Å². The summed E-state index contributed by atoms with van der Waals surface area (Å²) in [7, 11) is 0. The van der Waals surface area contributed by atoms with Crippen LogP contribution in [-0.4, -0.2) is 54.9 Å². The fourth-order valence-electron chi connectivity index (χ4n) is 8.08. The summed E-state index contributed by atoms with van der Waals surface area (Å²) in [5, 5.41) is 30.2. The highest BCUT2D eigenvalue weighted by molar-refractivity contribution is 7.99. The summed E-state index contributed by atoms with van der Waals surface area (Å²) in [5.41, 5.74) is -1.43. The van der Waals surface area contributed by atoms with Gasteiger partial charge in [0.25, 0.3) is 5.69 Å². The third-order valence-corrected chi connectivity index (χ3v) is 11.5. The van der Waals surface area contributed by atoms with Crippen molar-refractivity contribution in [1.29, 1.82) is 0 Å². The fraction of sp³-hybridized carbons (Fsp3) is 0.600. The molecule has 5 rings (SSSR count). The van der Waals surface area contributed by atoms with Gasteiger partial charge >= 0.3 is 5.97 Å². The van der Waals surface area contributed by atoms with Gasteiger partial charge in [-0.2, -0.15) is 0 Å². The van der Waals surface area contributed by atoms with Crippen LogP contribution in [0, 0.1) is 44.1 Å². The van der Waals surface area contributed by atoms with E-state index in [1.165, 1.54) is 6.07 Å². The monoisotopic (exact) mass is 582 g/mol. The number of aliphatic hydroxyl groups excluding tert-OH is 1. The van der Waals surface area contributed by atoms with Gasteiger partial charge in [-0.05, 0) is 49.0 Å². The summed E-state index contributed by atoms with van der Waals surface area (Å²) in [6, 6.07) is 6.23. The number of esters is 1. The number of Topliss-reactive ketones (excluding diaryl/α,β-unsaturated/α-hetero) is 1. The van der Waals surface area contributed by atoms with E-state index in [1.807, 2.05) is 6.92 Å². The molecule has 1 aromatic carbocycles. The molecule has 41 heavy (non-hydrogen) atoms. The van der Waals surface area contributed by atoms with Gasteiger partial charge < -0.3 is 9.84 Å². The highest BCUT2D eigenvalue weighted by Gasteiger charge is 2.68. The highest BCUT2D eigenvalue weighted by atomic mass is 32.2. The smallest absolute Gasteiger partial charge is 0.316 e. The van der Waals surface area contributed by atoms with Gasteiger partial charge in [-0.3, -0.25) is 24.8 Å². The number of aromatic amines is 1. The molecule has 1 heterocycles. The Morgan fingerprint density at radius 2 is 2.05 bits per heavy atom. The average Bonchev–Trinajstić information content (AvgIpc) is 3.57. The minimum Gasteiger partial charge on any atom is -0.461 e. The molecule has 2 bridgehead atoms. The molecule has 8 atom stereocenters. The topological polar surface area (TPSA) is 148 Å². The highest BCUT2D eigenvalue weighted by Crippen LogP contribution is 2.68. The molecule has 0 aliphatic heterocycles. The number of carbonyl (C=O) groups is 2. The van der Waals surface area contributed by atoms with Crippen LogP contribution >= 0.6 is 11.8 Å². The number of ether oxygens (including phenoxy) is 1. The number of hydrogen-bond acceptors (Lipinski definition) is 9. The Hall–Kier alpha value is -3.05. The van der Waals surface area contributed by atoms with Crippen molar-refractivity contribution in [3.8, 4) is 11.4 Å². The number of thioether (sulfide) groups is 1. The number of nitrogens with one attached hydrogen (secondary N) is 1. The molecule has 0 unspecified atom stereocenters. The first-order valence-electron chi connectivity index (χ1n) is 14.2. The minimum absolute atomic E-state index is 0.0807. The molecular formula is C30H38N4O6S. The lowest BCUT2D eigenvalue weighted by molar-refractivity contribution is -0.384. The van der Waals surface area contributed by atoms with Crippen LogP contribution in [0.4, 0.5) is 5.69 Å². The summed E-state index contributed by atoms with van der Waals surface area (Å²) in [4.78, 5) is 42.2. The van der Waals surface area contributed by atoms with Crippen LogP contribution < -0.4 is 0 Å². The van der Waals surface area contributed by atoms with Crippen LogP contribution in [0.3, 0.4) is 0 Å². The van der Waals surface area contributed by atoms with E-state index < -0.39 is 33.9 Å². The minimum atomic E-state index is -0.726. The molecule has 10 nitrogen and oxygen atoms in total. The molecule has 11 heteroatoms. The van der Waals surface area contributed by atoms with Gasteiger partial charge in [0.2, 0.25) is 5.16 Å². The fourth-order valence-corrected chi connectivity index (χ4v) is 8.66. The average molecular weight is 583 g/mol. The molecule has 1 aromatic heterocycles. The maximum Gasteiger partial charge on any atom is 0.316 e. The quantitative estimate of drug-likeness (QED) is 0.144. The first kappa shape index (κ1) is 29.4. The lowest BCUT2D eigenvalue weighted by atomic mass is 9.44. The van der Waals surface area contributed by atoms with Gasteiger partial charge in [-0.25, -0.2) is 4.98 Å². The van der Waals surface area contributed by atoms with E-state index in [4.69, 9.17) is 4.74 Å². The lowest BCUT2D eigenvalue weighted by Gasteiger charge is -2.61. The number of nitrogens with zero attached hydrogens (tertiary/aromatic N) is 3. The van der Waals surface area contributed by atoms with E-state index in [-0.39, 0.29) is 51.4 Å². The molecule has 3 saturated carbocycles. The Bertz CT molecular complexity index is 1380. The molecule has 0 spiro atoms. The largest absolute Gasteiger partial charge is 0.461 e. The number of aromatic nitrogens is 3. The van der Waals surface area contributed by atoms with E-state index in [0.29, 0.717) is 18.4 Å². The number of H-pyrrole nitrogens is 1. The predicted molar refractivity (Wildman–Crippen MR) is 154 cm³/mol. The Kier molecular flexibility index (Phi) is 7.65. The molecule has 2 N–H and O–H groups in total. The van der Waals surface area contributed by atoms with Gasteiger partial charge in [0.1, 0.15) is 11.9 Å². The van der Waals surface area contributed by atoms with Crippen LogP contribution in [0.5, 0.6) is 0 Å². The zero-order valence-electron chi connectivity index (χ0n) is 24.0. The molecule has 2 aromatic rings. The third-order valence-electron chi connectivity index (χ3n) is 10.7. The second-order valence-electron chi connectivity index (χ2n) is 12.6. The molecule has 3 aliphatic carbocycles. The summed E-state index contributed by atoms with van der Waals surface area (Å²) in [5.74, 6) is -0.357. The van der Waals surface area contributed by atoms with E-state index in [0.717, 1.165) is 31.0 Å². The van der Waals surface area contributed by atoms with Crippen molar-refractivity contribution in [3.05, 3.63) is 47.0 Å². The number of nitro benzene ring substituents is 1. The summed E-state index contributed by atoms with van der Waals surface area (Å²) in [6.07, 6.45) is 3.81. The van der Waals surface area contributed by atoms with Crippen molar-refractivity contribution < 1.29 is 24.4 Å². The molecule has 3 aliphatic rings. The zero-order chi connectivity index (χ0) is 29.7. The predicted octanol–water partition coefficient (Wildman–Crippen LogP) is 5.38. The SMILES string of the molecule is C=C[C@]1(C)C[C@@H](OC(=O)CSc2n[nH]c(-c3ccccc3[N+](=O)[O-])n2)[C@]2(C)[C@H](C)CC[C@]3(CCC(=O)[C@H]32)[C@@H](C)[C@@H]1O. The van der Waals surface area contributed by atoms with Crippen LogP contribution in [0.15, 0.2) is 42.1 Å². The normalized spacial score (nSPS) is 36.6. The maximum atomic E-state index is 13.5. The first-order valence-corrected chi connectivity index (χ1v) is 15.2. The van der Waals surface area contributed by atoms with Crippen LogP contribution in [0.2, 0.25) is 0 Å². The molecule has 0 amide bonds. The Balaban J connectivity index is 1.39. The number of carbonyl (C=O) groups excluding carboxylic acids is 2. The van der Waals surface area contributed by atoms with Crippen molar-refractivity contribution in [2.45, 2.75) is 77.2 Å². The number of ketones is 1. The summed E-state index contributed by atoms with van der Waals surface area (Å²) >= 11 is 1.07. The molecule has 0 saturated heterocycles. The van der Waals surface area contributed by atoms with Crippen molar-refractivity contribution in [2.75, 3.05) is 5.75 Å². The van der Waals surface area contributed by atoms with Crippen molar-refractivity contribution in [1.82, 2.24) is 15.2 Å².